The van der Waals surface area contributed by atoms with Crippen LogP contribution in [0, 0.1) is 0 Å². The highest BCUT2D eigenvalue weighted by molar-refractivity contribution is 5.74. The molecule has 0 saturated carbocycles. The summed E-state index contributed by atoms with van der Waals surface area (Å²) in [7, 11) is 0. The fourth-order valence-electron chi connectivity index (χ4n) is 9.30. The van der Waals surface area contributed by atoms with Gasteiger partial charge in [0.05, 0.1) is 6.61 Å². The van der Waals surface area contributed by atoms with Gasteiger partial charge in [-0.05, 0) is 83.5 Å². The van der Waals surface area contributed by atoms with Gasteiger partial charge in [-0.3, -0.25) is 14.4 Å². The number of aliphatic hydroxyl groups is 2. The van der Waals surface area contributed by atoms with Crippen molar-refractivity contribution in [2.75, 3.05) is 13.2 Å². The molecule has 12 heteroatoms. The molecular formula is C65H112O12. The molecule has 1 aliphatic heterocycles. The Bertz CT molecular complexity index is 1570. The molecule has 0 aliphatic carbocycles. The number of aliphatic carboxylic acids is 1. The van der Waals surface area contributed by atoms with E-state index < -0.39 is 67.3 Å². The zero-order chi connectivity index (χ0) is 56.1. The molecule has 1 saturated heterocycles. The third-order valence-corrected chi connectivity index (χ3v) is 14.1. The smallest absolute Gasteiger partial charge is 0.335 e. The molecule has 0 aromatic heterocycles. The molecular weight excluding hydrogens is 973 g/mol. The van der Waals surface area contributed by atoms with E-state index in [-0.39, 0.29) is 25.9 Å². The van der Waals surface area contributed by atoms with Crippen LogP contribution in [0.3, 0.4) is 0 Å². The van der Waals surface area contributed by atoms with Gasteiger partial charge in [0.15, 0.2) is 24.6 Å². The molecule has 1 fully saturated rings. The molecule has 6 atom stereocenters. The monoisotopic (exact) mass is 1080 g/mol. The zero-order valence-corrected chi connectivity index (χ0v) is 49.0. The van der Waals surface area contributed by atoms with Crippen LogP contribution in [0.15, 0.2) is 60.8 Å². The average molecular weight is 1090 g/mol. The van der Waals surface area contributed by atoms with Gasteiger partial charge in [0.2, 0.25) is 0 Å². The lowest BCUT2D eigenvalue weighted by Gasteiger charge is -2.40. The van der Waals surface area contributed by atoms with Crippen LogP contribution in [0.5, 0.6) is 0 Å². The summed E-state index contributed by atoms with van der Waals surface area (Å²) < 4.78 is 28.5. The second-order valence-corrected chi connectivity index (χ2v) is 21.3. The van der Waals surface area contributed by atoms with Crippen molar-refractivity contribution in [3.63, 3.8) is 0 Å². The third kappa shape index (κ3) is 43.0. The van der Waals surface area contributed by atoms with Crippen molar-refractivity contribution in [2.45, 2.75) is 314 Å². The summed E-state index contributed by atoms with van der Waals surface area (Å²) in [6, 6.07) is 0. The quantitative estimate of drug-likeness (QED) is 0.0228. The molecule has 3 N–H and O–H groups in total. The molecule has 444 valence electrons. The molecule has 1 heterocycles. The largest absolute Gasteiger partial charge is 0.479 e. The molecule has 0 radical (unpaired) electrons. The highest BCUT2D eigenvalue weighted by atomic mass is 16.7. The van der Waals surface area contributed by atoms with Crippen LogP contribution >= 0.6 is 0 Å². The van der Waals surface area contributed by atoms with Gasteiger partial charge in [0, 0.05) is 19.3 Å². The zero-order valence-electron chi connectivity index (χ0n) is 49.0. The van der Waals surface area contributed by atoms with Gasteiger partial charge < -0.3 is 39.0 Å². The van der Waals surface area contributed by atoms with Crippen molar-refractivity contribution >= 4 is 23.9 Å². The number of carbonyl (C=O) groups excluding carboxylic acids is 3. The van der Waals surface area contributed by atoms with E-state index >= 15 is 0 Å². The number of aliphatic hydroxyl groups excluding tert-OH is 2. The van der Waals surface area contributed by atoms with E-state index in [2.05, 4.69) is 81.5 Å². The number of carboxylic acids is 1. The first-order valence-electron chi connectivity index (χ1n) is 31.3. The van der Waals surface area contributed by atoms with Crippen LogP contribution in [-0.2, 0) is 42.9 Å². The summed E-state index contributed by atoms with van der Waals surface area (Å²) in [5.41, 5.74) is 0. The average Bonchev–Trinajstić information content (AvgIpc) is 3.42. The van der Waals surface area contributed by atoms with Gasteiger partial charge >= 0.3 is 23.9 Å². The number of hydrogen-bond acceptors (Lipinski definition) is 11. The first kappa shape index (κ1) is 71.4. The summed E-state index contributed by atoms with van der Waals surface area (Å²) >= 11 is 0. The van der Waals surface area contributed by atoms with Crippen LogP contribution in [0.1, 0.15) is 278 Å². The van der Waals surface area contributed by atoms with Gasteiger partial charge in [-0.25, -0.2) is 4.79 Å². The van der Waals surface area contributed by atoms with Crippen molar-refractivity contribution in [1.29, 1.82) is 0 Å². The van der Waals surface area contributed by atoms with E-state index in [0.29, 0.717) is 19.3 Å². The molecule has 0 aromatic carbocycles. The minimum absolute atomic E-state index is 0.0491. The predicted octanol–water partition coefficient (Wildman–Crippen LogP) is 16.3. The van der Waals surface area contributed by atoms with Gasteiger partial charge in [-0.15, -0.1) is 0 Å². The first-order valence-corrected chi connectivity index (χ1v) is 31.3. The Kier molecular flexibility index (Phi) is 49.2. The van der Waals surface area contributed by atoms with Crippen molar-refractivity contribution in [1.82, 2.24) is 0 Å². The maximum absolute atomic E-state index is 13.2. The Hall–Kier alpha value is -3.58. The highest BCUT2D eigenvalue weighted by Crippen LogP contribution is 2.27. The minimum Gasteiger partial charge on any atom is -0.479 e. The molecule has 0 spiro atoms. The Morgan fingerprint density at radius 1 is 0.442 bits per heavy atom. The molecule has 0 aromatic rings. The van der Waals surface area contributed by atoms with E-state index in [9.17, 15) is 34.5 Å². The standard InChI is InChI=1S/C65H112O12/c1-4-7-10-13-16-19-22-25-27-29-31-34-36-39-42-45-48-51-57(66)73-54-56(75-58(67)52-49-46-43-40-37-33-24-21-18-15-12-9-6-3)55-74-65-63(61(70)60(69)62(77-65)64(71)72)76-59(68)53-50-47-44-41-38-35-32-30-28-26-23-20-17-14-11-8-5-2/h8,11,16-17,19-20,25-28,56,60-63,65,69-70H,4-7,9-10,12-15,18,21-24,29-55H2,1-3H3,(H,71,72)/b11-8-,19-16-,20-17-,27-25-,28-26-. The maximum atomic E-state index is 13.2. The molecule has 12 nitrogen and oxygen atoms in total. The fraction of sp³-hybridized carbons (Fsp3) is 0.785. The predicted molar refractivity (Wildman–Crippen MR) is 312 cm³/mol. The Balaban J connectivity index is 2.67. The van der Waals surface area contributed by atoms with Crippen LogP contribution in [0.25, 0.3) is 0 Å². The summed E-state index contributed by atoms with van der Waals surface area (Å²) in [5, 5.41) is 31.5. The van der Waals surface area contributed by atoms with E-state index in [0.717, 1.165) is 122 Å². The summed E-state index contributed by atoms with van der Waals surface area (Å²) in [4.78, 5) is 51.2. The maximum Gasteiger partial charge on any atom is 0.335 e. The lowest BCUT2D eigenvalue weighted by molar-refractivity contribution is -0.301. The molecule has 1 aliphatic rings. The molecule has 77 heavy (non-hydrogen) atoms. The van der Waals surface area contributed by atoms with Crippen LogP contribution in [-0.4, -0.2) is 89.2 Å². The van der Waals surface area contributed by atoms with E-state index in [1.165, 1.54) is 96.3 Å². The van der Waals surface area contributed by atoms with Crippen molar-refractivity contribution < 1.29 is 58.2 Å². The Labute approximate surface area is 468 Å². The molecule has 1 rings (SSSR count). The number of hydrogen-bond donors (Lipinski definition) is 3. The Morgan fingerprint density at radius 3 is 1.27 bits per heavy atom. The van der Waals surface area contributed by atoms with E-state index in [1.807, 2.05) is 0 Å². The third-order valence-electron chi connectivity index (χ3n) is 14.1. The van der Waals surface area contributed by atoms with E-state index in [1.54, 1.807) is 0 Å². The van der Waals surface area contributed by atoms with Gasteiger partial charge in [-0.1, -0.05) is 236 Å². The highest BCUT2D eigenvalue weighted by Gasteiger charge is 2.50. The Morgan fingerprint density at radius 2 is 0.818 bits per heavy atom. The topological polar surface area (TPSA) is 175 Å². The summed E-state index contributed by atoms with van der Waals surface area (Å²) in [5.74, 6) is -3.12. The normalized spacial score (nSPS) is 18.4. The second kappa shape index (κ2) is 53.1. The molecule has 0 bridgehead atoms. The van der Waals surface area contributed by atoms with Crippen LogP contribution in [0.2, 0.25) is 0 Å². The lowest BCUT2D eigenvalue weighted by Crippen LogP contribution is -2.61. The van der Waals surface area contributed by atoms with Crippen molar-refractivity contribution in [3.05, 3.63) is 60.8 Å². The first-order chi connectivity index (χ1) is 37.6. The van der Waals surface area contributed by atoms with E-state index in [4.69, 9.17) is 23.7 Å². The second-order valence-electron chi connectivity index (χ2n) is 21.3. The number of rotatable bonds is 53. The van der Waals surface area contributed by atoms with Crippen LogP contribution in [0.4, 0.5) is 0 Å². The van der Waals surface area contributed by atoms with Gasteiger partial charge in [-0.2, -0.15) is 0 Å². The molecule has 6 unspecified atom stereocenters. The SMILES string of the molecule is CC/C=C\C/C=C\C/C=C\CCCCCCCCCC(=O)OC1C(OCC(COC(=O)CCCCCCCCC/C=C\C/C=C\CCCCC)OC(=O)CCCCCCCCCCCCCCC)OC(C(=O)O)C(O)C1O. The number of esters is 3. The minimum atomic E-state index is -1.91. The number of ether oxygens (including phenoxy) is 5. The van der Waals surface area contributed by atoms with Crippen molar-refractivity contribution in [2.24, 2.45) is 0 Å². The number of carboxylic acid groups (broad SMARTS) is 1. The number of unbranched alkanes of at least 4 members (excludes halogenated alkanes) is 29. The fourth-order valence-corrected chi connectivity index (χ4v) is 9.30. The van der Waals surface area contributed by atoms with Crippen molar-refractivity contribution in [3.8, 4) is 0 Å². The van der Waals surface area contributed by atoms with Gasteiger partial charge in [0.25, 0.3) is 0 Å². The number of carbonyl (C=O) groups is 4. The summed E-state index contributed by atoms with van der Waals surface area (Å²) in [6.07, 6.45) is 53.2. The number of allylic oxidation sites excluding steroid dienone is 10. The summed E-state index contributed by atoms with van der Waals surface area (Å²) in [6.45, 7) is 5.87. The molecule has 0 amide bonds. The van der Waals surface area contributed by atoms with Gasteiger partial charge in [0.1, 0.15) is 18.8 Å². The van der Waals surface area contributed by atoms with Crippen LogP contribution < -0.4 is 0 Å². The lowest BCUT2D eigenvalue weighted by atomic mass is 9.98.